The second kappa shape index (κ2) is 10.6. The number of aromatic nitrogens is 1. The Morgan fingerprint density at radius 1 is 1.30 bits per heavy atom. The Hall–Kier alpha value is -0.230. The summed E-state index contributed by atoms with van der Waals surface area (Å²) in [5.74, 6) is 0.589. The van der Waals surface area contributed by atoms with Gasteiger partial charge in [0.05, 0.1) is 17.8 Å². The number of hydrogen-bond acceptors (Lipinski definition) is 3. The van der Waals surface area contributed by atoms with Crippen molar-refractivity contribution in [2.75, 3.05) is 25.9 Å². The van der Waals surface area contributed by atoms with Crippen molar-refractivity contribution in [3.8, 4) is 0 Å². The Bertz CT molecular complexity index is 634. The van der Waals surface area contributed by atoms with Crippen LogP contribution in [0, 0.1) is 0 Å². The lowest BCUT2D eigenvalue weighted by atomic mass is 10.4. The molecular formula is C12H22Cl2IN5O2S. The number of hydrogen-bond donors (Lipinski definition) is 3. The molecule has 0 atom stereocenters. The molecule has 134 valence electrons. The highest BCUT2D eigenvalue weighted by atomic mass is 127. The van der Waals surface area contributed by atoms with Crippen LogP contribution in [0.4, 0.5) is 0 Å². The van der Waals surface area contributed by atoms with E-state index in [-0.39, 0.29) is 30.5 Å². The molecule has 23 heavy (non-hydrogen) atoms. The summed E-state index contributed by atoms with van der Waals surface area (Å²) in [6.07, 6.45) is 1.12. The second-order valence-corrected chi connectivity index (χ2v) is 7.22. The molecular weight excluding hydrogens is 476 g/mol. The third kappa shape index (κ3) is 8.43. The molecule has 11 heteroatoms. The Morgan fingerprint density at radius 2 is 1.96 bits per heavy atom. The van der Waals surface area contributed by atoms with Crippen molar-refractivity contribution in [2.45, 2.75) is 13.5 Å². The van der Waals surface area contributed by atoms with Gasteiger partial charge in [0.1, 0.15) is 5.15 Å². The second-order valence-electron chi connectivity index (χ2n) is 4.62. The molecule has 0 unspecified atom stereocenters. The summed E-state index contributed by atoms with van der Waals surface area (Å²) in [5, 5.41) is 7.08. The number of guanidine groups is 1. The minimum Gasteiger partial charge on any atom is -0.357 e. The zero-order valence-electron chi connectivity index (χ0n) is 13.2. The van der Waals surface area contributed by atoms with Gasteiger partial charge in [-0.25, -0.2) is 18.1 Å². The number of halogens is 3. The quantitative estimate of drug-likeness (QED) is 0.231. The number of rotatable bonds is 7. The third-order valence-electron chi connectivity index (χ3n) is 2.74. The van der Waals surface area contributed by atoms with E-state index in [1.165, 1.54) is 0 Å². The topological polar surface area (TPSA) is 87.5 Å². The van der Waals surface area contributed by atoms with Gasteiger partial charge in [-0.2, -0.15) is 0 Å². The van der Waals surface area contributed by atoms with Gasteiger partial charge in [0.25, 0.3) is 0 Å². The van der Waals surface area contributed by atoms with E-state index >= 15 is 0 Å². The van der Waals surface area contributed by atoms with Gasteiger partial charge in [-0.05, 0) is 13.0 Å². The maximum Gasteiger partial charge on any atom is 0.208 e. The van der Waals surface area contributed by atoms with Crippen LogP contribution in [0.3, 0.4) is 0 Å². The van der Waals surface area contributed by atoms with Crippen LogP contribution < -0.4 is 15.4 Å². The summed E-state index contributed by atoms with van der Waals surface area (Å²) in [6.45, 7) is 3.75. The molecule has 1 aromatic rings. The number of sulfonamides is 1. The lowest BCUT2D eigenvalue weighted by Gasteiger charge is -2.11. The number of nitrogens with zero attached hydrogens (tertiary/aromatic N) is 2. The summed E-state index contributed by atoms with van der Waals surface area (Å²) in [7, 11) is -1.37. The molecule has 0 fully saturated rings. The van der Waals surface area contributed by atoms with Crippen LogP contribution in [0.25, 0.3) is 0 Å². The number of nitrogens with one attached hydrogen (secondary N) is 3. The lowest BCUT2D eigenvalue weighted by molar-refractivity contribution is 0.586. The van der Waals surface area contributed by atoms with Gasteiger partial charge in [-0.15, -0.1) is 24.0 Å². The smallest absolute Gasteiger partial charge is 0.208 e. The normalized spacial score (nSPS) is 12.0. The summed E-state index contributed by atoms with van der Waals surface area (Å²) >= 11 is 12.0. The fourth-order valence-corrected chi connectivity index (χ4v) is 2.55. The van der Waals surface area contributed by atoms with Crippen molar-refractivity contribution >= 4 is 63.2 Å². The molecule has 0 spiro atoms. The van der Waals surface area contributed by atoms with Gasteiger partial charge in [0, 0.05) is 32.4 Å². The van der Waals surface area contributed by atoms with Crippen molar-refractivity contribution in [3.05, 3.63) is 21.9 Å². The molecule has 0 amide bonds. The maximum atomic E-state index is 11.0. The van der Waals surface area contributed by atoms with Crippen molar-refractivity contribution in [1.82, 2.24) is 19.9 Å². The summed E-state index contributed by atoms with van der Waals surface area (Å²) in [5.41, 5.74) is 0.876. The Labute approximate surface area is 164 Å². The molecule has 0 aliphatic heterocycles. The molecule has 0 aliphatic carbocycles. The first-order valence-corrected chi connectivity index (χ1v) is 9.35. The van der Waals surface area contributed by atoms with Crippen molar-refractivity contribution in [2.24, 2.45) is 12.0 Å². The van der Waals surface area contributed by atoms with E-state index in [1.807, 2.05) is 14.0 Å². The summed E-state index contributed by atoms with van der Waals surface area (Å²) in [6, 6.07) is 1.77. The molecule has 1 aromatic heterocycles. The molecule has 0 aromatic carbocycles. The van der Waals surface area contributed by atoms with E-state index in [0.29, 0.717) is 35.8 Å². The monoisotopic (exact) mass is 497 g/mol. The minimum atomic E-state index is -3.18. The van der Waals surface area contributed by atoms with Gasteiger partial charge < -0.3 is 15.2 Å². The van der Waals surface area contributed by atoms with Crippen LogP contribution in [-0.4, -0.2) is 44.8 Å². The van der Waals surface area contributed by atoms with Crippen LogP contribution in [0.2, 0.25) is 10.2 Å². The average molecular weight is 498 g/mol. The Morgan fingerprint density at radius 3 is 2.43 bits per heavy atom. The molecule has 0 radical (unpaired) electrons. The first-order chi connectivity index (χ1) is 10.2. The first-order valence-electron chi connectivity index (χ1n) is 6.71. The van der Waals surface area contributed by atoms with Crippen LogP contribution in [0.1, 0.15) is 12.6 Å². The SMILES string of the molecule is CCNC(=NCc1cc(Cl)c(Cl)n1C)NCCNS(C)(=O)=O.I. The van der Waals surface area contributed by atoms with Crippen LogP contribution >= 0.6 is 47.2 Å². The highest BCUT2D eigenvalue weighted by Crippen LogP contribution is 2.25. The third-order valence-corrected chi connectivity index (χ3v) is 4.31. The predicted octanol–water partition coefficient (Wildman–Crippen LogP) is 1.55. The first kappa shape index (κ1) is 22.8. The molecule has 0 bridgehead atoms. The van der Waals surface area contributed by atoms with E-state index in [1.54, 1.807) is 10.6 Å². The number of aliphatic imine (C=N–C) groups is 1. The molecule has 0 aliphatic rings. The van der Waals surface area contributed by atoms with Gasteiger partial charge in [-0.1, -0.05) is 23.2 Å². The van der Waals surface area contributed by atoms with E-state index in [0.717, 1.165) is 11.9 Å². The van der Waals surface area contributed by atoms with Gasteiger partial charge in [0.15, 0.2) is 5.96 Å². The zero-order valence-corrected chi connectivity index (χ0v) is 17.8. The van der Waals surface area contributed by atoms with Crippen molar-refractivity contribution < 1.29 is 8.42 Å². The Kier molecular flexibility index (Phi) is 10.5. The fourth-order valence-electron chi connectivity index (χ4n) is 1.66. The lowest BCUT2D eigenvalue weighted by Crippen LogP contribution is -2.41. The molecule has 0 saturated heterocycles. The summed E-state index contributed by atoms with van der Waals surface area (Å²) < 4.78 is 26.1. The molecule has 7 nitrogen and oxygen atoms in total. The molecule has 0 saturated carbocycles. The van der Waals surface area contributed by atoms with Crippen LogP contribution in [0.15, 0.2) is 11.1 Å². The predicted molar refractivity (Wildman–Crippen MR) is 107 cm³/mol. The highest BCUT2D eigenvalue weighted by Gasteiger charge is 2.08. The highest BCUT2D eigenvalue weighted by molar-refractivity contribution is 14.0. The van der Waals surface area contributed by atoms with Crippen molar-refractivity contribution in [3.63, 3.8) is 0 Å². The Balaban J connectivity index is 0.00000484. The largest absolute Gasteiger partial charge is 0.357 e. The summed E-state index contributed by atoms with van der Waals surface area (Å²) in [4.78, 5) is 4.41. The van der Waals surface area contributed by atoms with E-state index in [2.05, 4.69) is 20.3 Å². The standard InChI is InChI=1S/C12H21Cl2N5O2S.HI/c1-4-15-12(16-5-6-18-22(3,20)21)17-8-9-7-10(13)11(14)19(9)2;/h7,18H,4-6,8H2,1-3H3,(H2,15,16,17);1H. The maximum absolute atomic E-state index is 11.0. The molecule has 1 rings (SSSR count). The van der Waals surface area contributed by atoms with E-state index in [4.69, 9.17) is 23.2 Å². The van der Waals surface area contributed by atoms with Crippen molar-refractivity contribution in [1.29, 1.82) is 0 Å². The molecule has 1 heterocycles. The van der Waals surface area contributed by atoms with Gasteiger partial charge in [0.2, 0.25) is 10.0 Å². The fraction of sp³-hybridized carbons (Fsp3) is 0.583. The van der Waals surface area contributed by atoms with E-state index in [9.17, 15) is 8.42 Å². The average Bonchev–Trinajstić information content (AvgIpc) is 2.67. The van der Waals surface area contributed by atoms with Gasteiger partial charge >= 0.3 is 0 Å². The van der Waals surface area contributed by atoms with Crippen LogP contribution in [0.5, 0.6) is 0 Å². The molecule has 3 N–H and O–H groups in total. The van der Waals surface area contributed by atoms with Crippen LogP contribution in [-0.2, 0) is 23.6 Å². The zero-order chi connectivity index (χ0) is 16.8. The minimum absolute atomic E-state index is 0. The van der Waals surface area contributed by atoms with Gasteiger partial charge in [-0.3, -0.25) is 0 Å². The van der Waals surface area contributed by atoms with E-state index < -0.39 is 10.0 Å².